The van der Waals surface area contributed by atoms with Gasteiger partial charge in [-0.15, -0.1) is 0 Å². The highest BCUT2D eigenvalue weighted by atomic mass is 16.6. The van der Waals surface area contributed by atoms with Crippen LogP contribution in [0.1, 0.15) is 222 Å². The van der Waals surface area contributed by atoms with Crippen LogP contribution in [0.25, 0.3) is 0 Å². The molecule has 1 heterocycles. The number of rotatable bonds is 33. The van der Waals surface area contributed by atoms with Crippen molar-refractivity contribution >= 4 is 101 Å². The molecule has 1 fully saturated rings. The number of aliphatic hydroxyl groups excluding tert-OH is 2. The quantitative estimate of drug-likeness (QED) is 0.0350. The number of carbonyl (C=O) groups is 17. The van der Waals surface area contributed by atoms with E-state index in [2.05, 4.69) is 85.1 Å². The SMILES string of the molecule is CCC[C@@H]1NC(=O)[C@@H](Cc2ccccc2)NC(=O)[C@H](CCNC(=O)OC(C)(C)C)NC(=O)[C@@H](NC(=O)[C@H](CCNC(=O)OC(C)(C)C)NC(=O)[C@@H](NC(=O)[C@H](CCNC(=O)OC(C)(C)C)NC(=O)CC(C)(C)C(=O)OC(C)CC)C(C)O)CCNC(=O)[C@H](C(C)O)NC(=O)[C@H](CCNC(=O)OC(C)(C)C)NC(=O)[C@H](CCNC(=O)OC(C)(C)C)NC1=O. The maximum absolute atomic E-state index is 15.4. The molecule has 0 aliphatic carbocycles. The number of hydrogen-bond acceptors (Lipinski definition) is 25. The first-order valence-corrected chi connectivity index (χ1v) is 41.1. The number of carbonyl (C=O) groups excluding carboxylic acids is 17. The molecule has 1 aromatic rings. The summed E-state index contributed by atoms with van der Waals surface area (Å²) in [7, 11) is 0. The van der Waals surface area contributed by atoms with Gasteiger partial charge in [-0.2, -0.15) is 0 Å². The van der Waals surface area contributed by atoms with Crippen LogP contribution >= 0.6 is 0 Å². The van der Waals surface area contributed by atoms with E-state index in [4.69, 9.17) is 28.4 Å². The first kappa shape index (κ1) is 107. The summed E-state index contributed by atoms with van der Waals surface area (Å²) in [5.74, 6) is -13.1. The molecule has 1 aromatic carbocycles. The van der Waals surface area contributed by atoms with E-state index in [0.717, 1.165) is 13.8 Å². The van der Waals surface area contributed by atoms with E-state index in [-0.39, 0.29) is 32.4 Å². The molecule has 0 aromatic heterocycles. The minimum Gasteiger partial charge on any atom is -0.462 e. The van der Waals surface area contributed by atoms with E-state index < -0.39 is 285 Å². The predicted octanol–water partition coefficient (Wildman–Crippen LogP) is 1.49. The third-order valence-electron chi connectivity index (χ3n) is 17.3. The van der Waals surface area contributed by atoms with E-state index in [0.29, 0.717) is 12.0 Å². The number of alkyl carbamates (subject to hydrolysis) is 5. The van der Waals surface area contributed by atoms with Gasteiger partial charge in [0.15, 0.2) is 0 Å². The van der Waals surface area contributed by atoms with Crippen molar-refractivity contribution in [2.75, 3.05) is 39.3 Å². The van der Waals surface area contributed by atoms with Crippen molar-refractivity contribution in [2.24, 2.45) is 5.41 Å². The van der Waals surface area contributed by atoms with Crippen LogP contribution in [0.5, 0.6) is 0 Å². The minimum atomic E-state index is -2.03. The first-order valence-electron chi connectivity index (χ1n) is 41.1. The Labute approximate surface area is 714 Å². The van der Waals surface area contributed by atoms with Crippen LogP contribution in [0, 0.1) is 5.41 Å². The van der Waals surface area contributed by atoms with Crippen LogP contribution in [0.3, 0.4) is 0 Å². The zero-order chi connectivity index (χ0) is 93.0. The molecule has 13 atom stereocenters. The summed E-state index contributed by atoms with van der Waals surface area (Å²) in [6, 6.07) is -9.76. The lowest BCUT2D eigenvalue weighted by Crippen LogP contribution is -2.62. The fraction of sp³-hybridized carbons (Fsp3) is 0.716. The second-order valence-electron chi connectivity index (χ2n) is 35.3. The lowest BCUT2D eigenvalue weighted by molar-refractivity contribution is -0.160. The number of ether oxygens (including phenoxy) is 6. The highest BCUT2D eigenvalue weighted by molar-refractivity contribution is 6.00. The van der Waals surface area contributed by atoms with Gasteiger partial charge < -0.3 is 124 Å². The van der Waals surface area contributed by atoms with Crippen molar-refractivity contribution in [3.8, 4) is 0 Å². The molecule has 2 rings (SSSR count). The normalized spacial score (nSPS) is 19.9. The van der Waals surface area contributed by atoms with Crippen molar-refractivity contribution in [1.29, 1.82) is 0 Å². The second-order valence-corrected chi connectivity index (χ2v) is 35.3. The maximum Gasteiger partial charge on any atom is 0.407 e. The molecule has 0 bridgehead atoms. The molecule has 0 radical (unpaired) electrons. The van der Waals surface area contributed by atoms with Crippen molar-refractivity contribution in [2.45, 2.75) is 330 Å². The summed E-state index contributed by atoms with van der Waals surface area (Å²) in [6.07, 6.45) is -12.3. The molecule has 3 unspecified atom stereocenters. The molecular weight excluding hydrogens is 1600 g/mol. The second kappa shape index (κ2) is 49.9. The van der Waals surface area contributed by atoms with Crippen molar-refractivity contribution < 1.29 is 120 Å². The highest BCUT2D eigenvalue weighted by Crippen LogP contribution is 2.24. The topological polar surface area (TPSA) is 579 Å². The average molecular weight is 1730 g/mol. The monoisotopic (exact) mass is 1730 g/mol. The van der Waals surface area contributed by atoms with Crippen molar-refractivity contribution in [3.63, 3.8) is 0 Å². The van der Waals surface area contributed by atoms with Gasteiger partial charge in [-0.05, 0) is 195 Å². The molecule has 690 valence electrons. The molecule has 41 nitrogen and oxygen atoms in total. The van der Waals surface area contributed by atoms with Crippen LogP contribution in [0.4, 0.5) is 24.0 Å². The summed E-state index contributed by atoms with van der Waals surface area (Å²) in [6.45, 7) is 31.2. The van der Waals surface area contributed by atoms with Gasteiger partial charge in [0.25, 0.3) is 0 Å². The van der Waals surface area contributed by atoms with Gasteiger partial charge in [-0.3, -0.25) is 57.5 Å². The molecule has 0 spiro atoms. The van der Waals surface area contributed by atoms with E-state index >= 15 is 19.2 Å². The number of amides is 16. The van der Waals surface area contributed by atoms with Crippen LogP contribution < -0.4 is 85.1 Å². The van der Waals surface area contributed by atoms with Gasteiger partial charge >= 0.3 is 36.4 Å². The highest BCUT2D eigenvalue weighted by Gasteiger charge is 2.41. The number of benzene rings is 1. The molecule has 0 saturated carbocycles. The fourth-order valence-corrected chi connectivity index (χ4v) is 11.2. The summed E-state index contributed by atoms with van der Waals surface area (Å²) in [5.41, 5.74) is -6.06. The summed E-state index contributed by atoms with van der Waals surface area (Å²) in [5, 5.41) is 62.7. The smallest absolute Gasteiger partial charge is 0.407 e. The molecule has 122 heavy (non-hydrogen) atoms. The molecule has 18 N–H and O–H groups in total. The Morgan fingerprint density at radius 2 is 0.811 bits per heavy atom. The van der Waals surface area contributed by atoms with E-state index in [1.165, 1.54) is 13.8 Å². The van der Waals surface area contributed by atoms with Gasteiger partial charge in [0, 0.05) is 52.1 Å². The van der Waals surface area contributed by atoms with Gasteiger partial charge in [-0.1, -0.05) is 50.6 Å². The number of aliphatic hydroxyl groups is 2. The van der Waals surface area contributed by atoms with Gasteiger partial charge in [0.2, 0.25) is 65.0 Å². The molecule has 1 saturated heterocycles. The Morgan fingerprint density at radius 1 is 0.443 bits per heavy atom. The van der Waals surface area contributed by atoms with Gasteiger partial charge in [-0.25, -0.2) is 24.0 Å². The molecular formula is C81H136N16O25. The summed E-state index contributed by atoms with van der Waals surface area (Å²) < 4.78 is 32.4. The average Bonchev–Trinajstić information content (AvgIpc) is 0.944. The maximum atomic E-state index is 15.4. The Morgan fingerprint density at radius 3 is 1.20 bits per heavy atom. The zero-order valence-electron chi connectivity index (χ0n) is 74.7. The lowest BCUT2D eigenvalue weighted by Gasteiger charge is -2.29. The Bertz CT molecular complexity index is 3700. The molecule has 1 aliphatic heterocycles. The van der Waals surface area contributed by atoms with Crippen LogP contribution in [-0.4, -0.2) is 258 Å². The number of esters is 1. The Hall–Kier alpha value is -10.9. The van der Waals surface area contributed by atoms with Crippen LogP contribution in [0.15, 0.2) is 30.3 Å². The minimum absolute atomic E-state index is 0.122. The van der Waals surface area contributed by atoms with Crippen molar-refractivity contribution in [1.82, 2.24) is 85.1 Å². The van der Waals surface area contributed by atoms with Gasteiger partial charge in [0.05, 0.1) is 23.7 Å². The largest absolute Gasteiger partial charge is 0.462 e. The van der Waals surface area contributed by atoms with Crippen LogP contribution in [0.2, 0.25) is 0 Å². The third kappa shape index (κ3) is 44.1. The first-order chi connectivity index (χ1) is 56.3. The zero-order valence-corrected chi connectivity index (χ0v) is 74.7. The van der Waals surface area contributed by atoms with E-state index in [1.54, 1.807) is 155 Å². The van der Waals surface area contributed by atoms with E-state index in [1.807, 2.05) is 0 Å². The van der Waals surface area contributed by atoms with E-state index in [9.17, 15) is 72.5 Å². The van der Waals surface area contributed by atoms with Gasteiger partial charge in [0.1, 0.15) is 88.4 Å². The number of nitrogens with one attached hydrogen (secondary N) is 16. The summed E-state index contributed by atoms with van der Waals surface area (Å²) >= 11 is 0. The van der Waals surface area contributed by atoms with Crippen molar-refractivity contribution in [3.05, 3.63) is 35.9 Å². The molecule has 41 heteroatoms. The third-order valence-corrected chi connectivity index (χ3v) is 17.3. The Balaban J connectivity index is 3.12. The molecule has 1 aliphatic rings. The predicted molar refractivity (Wildman–Crippen MR) is 444 cm³/mol. The number of hydrogen-bond donors (Lipinski definition) is 18. The molecule has 16 amide bonds. The fourth-order valence-electron chi connectivity index (χ4n) is 11.2. The Kier molecular flexibility index (Phi) is 43.8. The van der Waals surface area contributed by atoms with Crippen LogP contribution in [-0.2, 0) is 92.4 Å². The standard InChI is InChI=1S/C81H136N16O25/c1-23-28-49-60(101)90-52(33-39-84-72(113)119-77(9,10)11)62(103)93-55(36-42-87-75(116)122-80(18,19)20)66(107)96-58(46(4)98)68(109)82-37-31-51(61(102)92-53(34-40-85-73(114)120-78(12,13)14)64(105)95-56(67(108)89-49)43-48-29-26-25-27-30-48)91-63(104)54(35-41-86-74(115)121-79(15,16)17)94-69(110)59(47(5)99)97-65(106)50(32-38-83-71(112)118-76(6,7)8)88-57(100)44-81(21,22)70(111)117-45(3)24-2/h25-27,29-30,45-47,49-56,58-59,98-99H,23-24,28,31-44H2,1-22H3,(H,82,109)(H,83,112)(H,84,113)(H,85,114)(H,86,115)(H,87,116)(H,88,100)(H,89,108)(H,90,101)(H,91,104)(H,92,102)(H,93,103)(H,94,110)(H,95,105)(H,96,107)(H,97,106)/t45?,46?,47?,49-,50-,51-,52-,53-,54-,55-,56+,58-,59-/m0/s1. The lowest BCUT2D eigenvalue weighted by atomic mass is 9.88. The summed E-state index contributed by atoms with van der Waals surface area (Å²) in [4.78, 5) is 241.